The minimum absolute atomic E-state index is 0.139. The van der Waals surface area contributed by atoms with Gasteiger partial charge in [-0.25, -0.2) is 13.1 Å². The summed E-state index contributed by atoms with van der Waals surface area (Å²) in [5.74, 6) is 5.77. The highest BCUT2D eigenvalue weighted by Crippen LogP contribution is 2.23. The summed E-state index contributed by atoms with van der Waals surface area (Å²) in [4.78, 5) is 0. The minimum Gasteiger partial charge on any atom is -0.307 e. The molecule has 1 atom stereocenters. The Balaban J connectivity index is 1.81. The summed E-state index contributed by atoms with van der Waals surface area (Å²) in [6.45, 7) is 4.82. The molecule has 0 aliphatic heterocycles. The summed E-state index contributed by atoms with van der Waals surface area (Å²) >= 11 is 0. The second-order valence-electron chi connectivity index (χ2n) is 6.06. The van der Waals surface area contributed by atoms with Crippen molar-refractivity contribution in [3.8, 4) is 11.8 Å². The van der Waals surface area contributed by atoms with Gasteiger partial charge in [0.25, 0.3) is 0 Å². The molecule has 0 saturated carbocycles. The summed E-state index contributed by atoms with van der Waals surface area (Å²) in [7, 11) is -3.18. The fourth-order valence-corrected chi connectivity index (χ4v) is 3.67. The third-order valence-electron chi connectivity index (χ3n) is 3.99. The number of sulfonamides is 1. The molecule has 2 N–H and O–H groups in total. The van der Waals surface area contributed by atoms with Crippen LogP contribution in [0.15, 0.2) is 54.6 Å². The number of rotatable bonds is 8. The van der Waals surface area contributed by atoms with Crippen molar-refractivity contribution in [3.05, 3.63) is 60.2 Å². The van der Waals surface area contributed by atoms with E-state index in [0.717, 1.165) is 0 Å². The van der Waals surface area contributed by atoms with E-state index >= 15 is 0 Å². The molecule has 2 aromatic rings. The van der Waals surface area contributed by atoms with Gasteiger partial charge in [-0.15, -0.1) is 0 Å². The van der Waals surface area contributed by atoms with Gasteiger partial charge in [-0.1, -0.05) is 67.3 Å². The van der Waals surface area contributed by atoms with Crippen LogP contribution in [-0.4, -0.2) is 27.3 Å². The molecule has 5 heteroatoms. The first-order valence-corrected chi connectivity index (χ1v) is 10.5. The summed E-state index contributed by atoms with van der Waals surface area (Å²) in [5, 5.41) is 5.96. The monoisotopic (exact) mass is 370 g/mol. The first-order chi connectivity index (χ1) is 12.5. The molecule has 0 heterocycles. The quantitative estimate of drug-likeness (QED) is 0.701. The molecule has 0 radical (unpaired) electrons. The Morgan fingerprint density at radius 3 is 2.73 bits per heavy atom. The Morgan fingerprint density at radius 2 is 1.92 bits per heavy atom. The molecule has 138 valence electrons. The highest BCUT2D eigenvalue weighted by atomic mass is 32.2. The Hall–Kier alpha value is -2.13. The van der Waals surface area contributed by atoms with E-state index in [1.165, 1.54) is 16.3 Å². The molecule has 0 aromatic heterocycles. The molecule has 26 heavy (non-hydrogen) atoms. The normalized spacial score (nSPS) is 12.8. The maximum Gasteiger partial charge on any atom is 0.212 e. The number of fused-ring (bicyclic) bond motifs is 1. The zero-order chi connectivity index (χ0) is 18.8. The van der Waals surface area contributed by atoms with Gasteiger partial charge in [0.2, 0.25) is 10.0 Å². The topological polar surface area (TPSA) is 58.2 Å². The van der Waals surface area contributed by atoms with Crippen molar-refractivity contribution in [2.45, 2.75) is 26.3 Å². The molecule has 2 rings (SSSR count). The average Bonchev–Trinajstić information content (AvgIpc) is 2.63. The third-order valence-corrected chi connectivity index (χ3v) is 5.52. The van der Waals surface area contributed by atoms with Crippen LogP contribution >= 0.6 is 0 Å². The van der Waals surface area contributed by atoms with E-state index in [2.05, 4.69) is 65.2 Å². The van der Waals surface area contributed by atoms with Crippen LogP contribution in [0.25, 0.3) is 10.8 Å². The second-order valence-corrected chi connectivity index (χ2v) is 7.99. The van der Waals surface area contributed by atoms with Gasteiger partial charge in [-0.2, -0.15) is 0 Å². The standard InChI is InChI=1S/C21H26N2O2S/c1-3-17-26(24,25)23-16-9-5-4-8-15-22-18(2)20-14-10-12-19-11-6-7-13-21(19)20/h4,6-8,10-14,18,22-23H,3,15-17H2,1-2H3/t18-/m1/s1. The van der Waals surface area contributed by atoms with Crippen LogP contribution in [0.1, 0.15) is 31.9 Å². The van der Waals surface area contributed by atoms with Crippen LogP contribution in [0.3, 0.4) is 0 Å². The highest BCUT2D eigenvalue weighted by molar-refractivity contribution is 7.89. The van der Waals surface area contributed by atoms with Crippen molar-refractivity contribution in [2.24, 2.45) is 0 Å². The van der Waals surface area contributed by atoms with Crippen LogP contribution in [-0.2, 0) is 10.0 Å². The fourth-order valence-electron chi connectivity index (χ4n) is 2.70. The Morgan fingerprint density at radius 1 is 1.15 bits per heavy atom. The average molecular weight is 371 g/mol. The van der Waals surface area contributed by atoms with Crippen molar-refractivity contribution >= 4 is 20.8 Å². The van der Waals surface area contributed by atoms with Crippen LogP contribution in [0.4, 0.5) is 0 Å². The van der Waals surface area contributed by atoms with Crippen LogP contribution in [0.2, 0.25) is 0 Å². The molecule has 0 unspecified atom stereocenters. The number of hydrogen-bond acceptors (Lipinski definition) is 3. The summed E-state index contributed by atoms with van der Waals surface area (Å²) < 4.78 is 25.4. The number of benzene rings is 2. The van der Waals surface area contributed by atoms with Gasteiger partial charge in [0.05, 0.1) is 12.3 Å². The van der Waals surface area contributed by atoms with Crippen molar-refractivity contribution in [2.75, 3.05) is 18.8 Å². The van der Waals surface area contributed by atoms with E-state index < -0.39 is 10.0 Å². The molecule has 0 aliphatic rings. The molecule has 4 nitrogen and oxygen atoms in total. The van der Waals surface area contributed by atoms with E-state index in [1.54, 1.807) is 6.08 Å². The lowest BCUT2D eigenvalue weighted by Gasteiger charge is -2.15. The van der Waals surface area contributed by atoms with Gasteiger partial charge in [0, 0.05) is 12.6 Å². The lowest BCUT2D eigenvalue weighted by atomic mass is 10.00. The smallest absolute Gasteiger partial charge is 0.212 e. The number of allylic oxidation sites excluding steroid dienone is 1. The lowest BCUT2D eigenvalue weighted by Crippen LogP contribution is -2.26. The van der Waals surface area contributed by atoms with E-state index in [4.69, 9.17) is 0 Å². The molecule has 2 aromatic carbocycles. The Labute approximate surface area is 156 Å². The molecule has 0 spiro atoms. The van der Waals surface area contributed by atoms with Crippen molar-refractivity contribution in [1.82, 2.24) is 10.0 Å². The fraction of sp³-hybridized carbons (Fsp3) is 0.333. The van der Waals surface area contributed by atoms with E-state index in [1.807, 2.05) is 19.1 Å². The lowest BCUT2D eigenvalue weighted by molar-refractivity contribution is 0.584. The molecule has 0 bridgehead atoms. The number of nitrogens with one attached hydrogen (secondary N) is 2. The molecular formula is C21H26N2O2S. The van der Waals surface area contributed by atoms with Crippen LogP contribution < -0.4 is 10.0 Å². The number of hydrogen-bond donors (Lipinski definition) is 2. The van der Waals surface area contributed by atoms with E-state index in [0.29, 0.717) is 13.0 Å². The molecule has 0 aliphatic carbocycles. The van der Waals surface area contributed by atoms with Gasteiger partial charge < -0.3 is 5.32 Å². The predicted octanol–water partition coefficient (Wildman–Crippen LogP) is 3.38. The molecule has 0 fully saturated rings. The van der Waals surface area contributed by atoms with Gasteiger partial charge in [-0.3, -0.25) is 0 Å². The maximum absolute atomic E-state index is 11.5. The van der Waals surface area contributed by atoms with Crippen LogP contribution in [0, 0.1) is 11.8 Å². The van der Waals surface area contributed by atoms with Crippen molar-refractivity contribution in [3.63, 3.8) is 0 Å². The van der Waals surface area contributed by atoms with Gasteiger partial charge in [0.15, 0.2) is 0 Å². The molecule has 0 saturated heterocycles. The first-order valence-electron chi connectivity index (χ1n) is 8.85. The van der Waals surface area contributed by atoms with Crippen molar-refractivity contribution in [1.29, 1.82) is 0 Å². The van der Waals surface area contributed by atoms with Gasteiger partial charge in [0.1, 0.15) is 0 Å². The maximum atomic E-state index is 11.5. The molecule has 0 amide bonds. The third kappa shape index (κ3) is 6.30. The Bertz CT molecular complexity index is 903. The van der Waals surface area contributed by atoms with Gasteiger partial charge in [-0.05, 0) is 35.8 Å². The zero-order valence-electron chi connectivity index (χ0n) is 15.3. The largest absolute Gasteiger partial charge is 0.307 e. The Kier molecular flexibility index (Phi) is 7.86. The second kappa shape index (κ2) is 10.1. The minimum atomic E-state index is -3.18. The van der Waals surface area contributed by atoms with E-state index in [-0.39, 0.29) is 18.3 Å². The van der Waals surface area contributed by atoms with E-state index in [9.17, 15) is 8.42 Å². The highest BCUT2D eigenvalue weighted by Gasteiger charge is 2.07. The SMILES string of the molecule is CCCS(=O)(=O)NCC#CC=CCN[C@H](C)c1cccc2ccccc12. The molecular weight excluding hydrogens is 344 g/mol. The van der Waals surface area contributed by atoms with Crippen molar-refractivity contribution < 1.29 is 8.42 Å². The van der Waals surface area contributed by atoms with Gasteiger partial charge >= 0.3 is 0 Å². The predicted molar refractivity (Wildman–Crippen MR) is 109 cm³/mol. The zero-order valence-corrected chi connectivity index (χ0v) is 16.1. The summed E-state index contributed by atoms with van der Waals surface area (Å²) in [6.07, 6.45) is 4.29. The summed E-state index contributed by atoms with van der Waals surface area (Å²) in [5.41, 5.74) is 1.27. The van der Waals surface area contributed by atoms with Crippen LogP contribution in [0.5, 0.6) is 0 Å². The first kappa shape index (κ1) is 20.2. The summed E-state index contributed by atoms with van der Waals surface area (Å²) in [6, 6.07) is 14.9.